The number of nitrogens with zero attached hydrogens (tertiary/aromatic N) is 4. The van der Waals surface area contributed by atoms with Gasteiger partial charge in [-0.05, 0) is 42.8 Å². The lowest BCUT2D eigenvalue weighted by molar-refractivity contribution is -0.112. The van der Waals surface area contributed by atoms with Crippen molar-refractivity contribution in [2.45, 2.75) is 13.5 Å². The highest BCUT2D eigenvalue weighted by Gasteiger charge is 2.34. The lowest BCUT2D eigenvalue weighted by Gasteiger charge is -2.16. The second-order valence-electron chi connectivity index (χ2n) is 7.91. The van der Waals surface area contributed by atoms with E-state index in [0.717, 1.165) is 16.9 Å². The maximum atomic E-state index is 13.5. The first-order valence-electron chi connectivity index (χ1n) is 10.5. The molecule has 0 unspecified atom stereocenters. The van der Waals surface area contributed by atoms with Gasteiger partial charge in [-0.3, -0.25) is 14.3 Å². The number of halogens is 1. The average molecular weight is 457 g/mol. The number of benzene rings is 3. The second kappa shape index (κ2) is 8.22. The van der Waals surface area contributed by atoms with Crippen LogP contribution in [-0.4, -0.2) is 21.0 Å². The van der Waals surface area contributed by atoms with Gasteiger partial charge in [0, 0.05) is 17.6 Å². The van der Waals surface area contributed by atoms with Crippen molar-refractivity contribution in [3.8, 4) is 5.69 Å². The van der Waals surface area contributed by atoms with Crippen LogP contribution in [0.25, 0.3) is 5.69 Å². The zero-order chi connectivity index (χ0) is 23.1. The minimum Gasteiger partial charge on any atom is -0.302 e. The number of hydrogen-bond donors (Lipinski definition) is 0. The van der Waals surface area contributed by atoms with E-state index >= 15 is 0 Å². The van der Waals surface area contributed by atoms with Gasteiger partial charge in [0.15, 0.2) is 5.69 Å². The van der Waals surface area contributed by atoms with E-state index in [2.05, 4.69) is 4.99 Å². The van der Waals surface area contributed by atoms with Gasteiger partial charge in [0.2, 0.25) is 0 Å². The molecule has 5 rings (SSSR count). The van der Waals surface area contributed by atoms with Crippen LogP contribution in [0.15, 0.2) is 88.6 Å². The predicted molar refractivity (Wildman–Crippen MR) is 131 cm³/mol. The molecule has 0 radical (unpaired) electrons. The predicted octanol–water partition coefficient (Wildman–Crippen LogP) is 4.81. The molecule has 3 aromatic carbocycles. The Morgan fingerprint density at radius 3 is 2.27 bits per heavy atom. The van der Waals surface area contributed by atoms with Crippen LogP contribution in [0.2, 0.25) is 5.02 Å². The molecule has 0 saturated carbocycles. The lowest BCUT2D eigenvalue weighted by atomic mass is 10.1. The molecule has 0 saturated heterocycles. The number of para-hydroxylation sites is 2. The molecule has 33 heavy (non-hydrogen) atoms. The Morgan fingerprint density at radius 2 is 1.55 bits per heavy atom. The van der Waals surface area contributed by atoms with Crippen molar-refractivity contribution < 1.29 is 4.79 Å². The summed E-state index contributed by atoms with van der Waals surface area (Å²) in [7, 11) is 1.81. The fraction of sp³-hybridized carbons (Fsp3) is 0.115. The van der Waals surface area contributed by atoms with Crippen LogP contribution < -0.4 is 10.5 Å². The smallest absolute Gasteiger partial charge is 0.297 e. The largest absolute Gasteiger partial charge is 0.302 e. The minimum atomic E-state index is -0.268. The van der Waals surface area contributed by atoms with Gasteiger partial charge in [-0.15, -0.1) is 0 Å². The number of carbonyl (C=O) groups excluding carboxylic acids is 1. The molecule has 0 fully saturated rings. The topological polar surface area (TPSA) is 59.6 Å². The summed E-state index contributed by atoms with van der Waals surface area (Å²) in [5, 5.41) is 0.642. The highest BCUT2D eigenvalue weighted by Crippen LogP contribution is 2.32. The Morgan fingerprint density at radius 1 is 0.879 bits per heavy atom. The highest BCUT2D eigenvalue weighted by atomic mass is 35.5. The first-order valence-corrected chi connectivity index (χ1v) is 10.9. The summed E-state index contributed by atoms with van der Waals surface area (Å²) in [6, 6.07) is 24.3. The molecule has 0 N–H and O–H groups in total. The van der Waals surface area contributed by atoms with Crippen molar-refractivity contribution in [3.05, 3.63) is 111 Å². The summed E-state index contributed by atoms with van der Waals surface area (Å²) in [4.78, 5) is 33.1. The van der Waals surface area contributed by atoms with E-state index in [1.54, 1.807) is 26.4 Å². The molecule has 4 aromatic rings. The van der Waals surface area contributed by atoms with Gasteiger partial charge in [0.1, 0.15) is 5.71 Å². The van der Waals surface area contributed by atoms with Crippen molar-refractivity contribution in [3.63, 3.8) is 0 Å². The Hall–Kier alpha value is -3.90. The number of hydrogen-bond acceptors (Lipinski definition) is 3. The van der Waals surface area contributed by atoms with Gasteiger partial charge < -0.3 is 4.90 Å². The van der Waals surface area contributed by atoms with E-state index < -0.39 is 0 Å². The summed E-state index contributed by atoms with van der Waals surface area (Å²) in [5.74, 6) is -0.236. The maximum Gasteiger partial charge on any atom is 0.297 e. The molecule has 2 heterocycles. The molecule has 1 aromatic heterocycles. The standard InChI is InChI=1S/C26H21ClN4O2/c1-17-23(26(33)31(29(17)2)20-8-4-3-5-9-20)28-24-21-10-6-7-11-22(21)30(25(24)32)16-18-12-14-19(27)15-13-18/h3-15H,16H2,1-2H3. The van der Waals surface area contributed by atoms with Crippen molar-refractivity contribution in [1.82, 2.24) is 9.36 Å². The Labute approximate surface area is 196 Å². The third-order valence-electron chi connectivity index (χ3n) is 5.90. The van der Waals surface area contributed by atoms with Gasteiger partial charge in [0.25, 0.3) is 11.5 Å². The SMILES string of the molecule is Cc1c(N=C2C(=O)N(Cc3ccc(Cl)cc3)c3ccccc32)c(=O)n(-c2ccccc2)n1C. The molecule has 1 amide bonds. The van der Waals surface area contributed by atoms with Crippen molar-refractivity contribution in [2.24, 2.45) is 12.0 Å². The molecular weight excluding hydrogens is 436 g/mol. The van der Waals surface area contributed by atoms with Crippen LogP contribution in [0.4, 0.5) is 11.4 Å². The molecular formula is C26H21ClN4O2. The van der Waals surface area contributed by atoms with Crippen LogP contribution in [-0.2, 0) is 18.4 Å². The first-order chi connectivity index (χ1) is 16.0. The molecule has 7 heteroatoms. The van der Waals surface area contributed by atoms with E-state index in [4.69, 9.17) is 11.6 Å². The van der Waals surface area contributed by atoms with Crippen LogP contribution >= 0.6 is 11.6 Å². The number of anilines is 1. The number of aliphatic imine (C=N–C) groups is 1. The number of rotatable bonds is 4. The lowest BCUT2D eigenvalue weighted by Crippen LogP contribution is -2.29. The minimum absolute atomic E-state index is 0.236. The Bertz CT molecular complexity index is 1450. The normalized spacial score (nSPS) is 14.2. The van der Waals surface area contributed by atoms with Crippen LogP contribution in [0.5, 0.6) is 0 Å². The molecule has 0 bridgehead atoms. The van der Waals surface area contributed by atoms with Gasteiger partial charge >= 0.3 is 0 Å². The summed E-state index contributed by atoms with van der Waals surface area (Å²) >= 11 is 6.01. The van der Waals surface area contributed by atoms with E-state index in [1.807, 2.05) is 80.7 Å². The summed E-state index contributed by atoms with van der Waals surface area (Å²) in [5.41, 5.74) is 4.11. The summed E-state index contributed by atoms with van der Waals surface area (Å²) < 4.78 is 3.32. The number of aromatic nitrogens is 2. The number of carbonyl (C=O) groups is 1. The van der Waals surface area contributed by atoms with E-state index in [-0.39, 0.29) is 22.9 Å². The fourth-order valence-corrected chi connectivity index (χ4v) is 4.22. The fourth-order valence-electron chi connectivity index (χ4n) is 4.09. The Kier molecular flexibility index (Phi) is 5.23. The maximum absolute atomic E-state index is 13.5. The highest BCUT2D eigenvalue weighted by molar-refractivity contribution is 6.54. The molecule has 1 aliphatic rings. The monoisotopic (exact) mass is 456 g/mol. The molecule has 1 aliphatic heterocycles. The quantitative estimate of drug-likeness (QED) is 0.442. The van der Waals surface area contributed by atoms with Crippen LogP contribution in [0.3, 0.4) is 0 Å². The Balaban J connectivity index is 1.60. The second-order valence-corrected chi connectivity index (χ2v) is 8.34. The van der Waals surface area contributed by atoms with Crippen LogP contribution in [0.1, 0.15) is 16.8 Å². The molecule has 0 atom stereocenters. The van der Waals surface area contributed by atoms with E-state index in [0.29, 0.717) is 22.8 Å². The zero-order valence-electron chi connectivity index (χ0n) is 18.2. The molecule has 0 aliphatic carbocycles. The molecule has 164 valence electrons. The van der Waals surface area contributed by atoms with E-state index in [9.17, 15) is 9.59 Å². The van der Waals surface area contributed by atoms with Crippen molar-refractivity contribution in [1.29, 1.82) is 0 Å². The van der Waals surface area contributed by atoms with Crippen molar-refractivity contribution >= 4 is 34.6 Å². The van der Waals surface area contributed by atoms with Gasteiger partial charge in [-0.2, -0.15) is 0 Å². The molecule has 0 spiro atoms. The summed E-state index contributed by atoms with van der Waals surface area (Å²) in [6.45, 7) is 2.21. The zero-order valence-corrected chi connectivity index (χ0v) is 19.0. The average Bonchev–Trinajstić information content (AvgIpc) is 3.21. The van der Waals surface area contributed by atoms with Gasteiger partial charge in [-0.1, -0.05) is 60.1 Å². The first kappa shape index (κ1) is 21.0. The third kappa shape index (κ3) is 3.58. The summed E-state index contributed by atoms with van der Waals surface area (Å²) in [6.07, 6.45) is 0. The molecule has 6 nitrogen and oxygen atoms in total. The number of fused-ring (bicyclic) bond motifs is 1. The number of amides is 1. The third-order valence-corrected chi connectivity index (χ3v) is 6.15. The van der Waals surface area contributed by atoms with Gasteiger partial charge in [0.05, 0.1) is 23.6 Å². The van der Waals surface area contributed by atoms with Gasteiger partial charge in [-0.25, -0.2) is 9.67 Å². The van der Waals surface area contributed by atoms with Crippen LogP contribution in [0, 0.1) is 6.92 Å². The van der Waals surface area contributed by atoms with E-state index in [1.165, 1.54) is 0 Å². The van der Waals surface area contributed by atoms with Crippen molar-refractivity contribution in [2.75, 3.05) is 4.90 Å².